The number of nitrogens with one attached hydrogen (secondary N) is 1. The largest absolute Gasteiger partial charge is 0.497 e. The lowest BCUT2D eigenvalue weighted by atomic mass is 10.2. The molecule has 1 aromatic carbocycles. The minimum Gasteiger partial charge on any atom is -0.497 e. The second-order valence-electron chi connectivity index (χ2n) is 3.29. The fourth-order valence-electron chi connectivity index (χ4n) is 1.30. The predicted octanol–water partition coefficient (Wildman–Crippen LogP) is 1.52. The van der Waals surface area contributed by atoms with E-state index in [-0.39, 0.29) is 11.6 Å². The van der Waals surface area contributed by atoms with Crippen molar-refractivity contribution < 1.29 is 14.1 Å². The topological polar surface area (TPSA) is 90.4 Å². The first kappa shape index (κ1) is 11.0. The molecule has 0 unspecified atom stereocenters. The van der Waals surface area contributed by atoms with Crippen molar-refractivity contribution in [3.8, 4) is 5.75 Å². The molecule has 0 atom stereocenters. The fourth-order valence-corrected chi connectivity index (χ4v) is 1.30. The average molecular weight is 233 g/mol. The Morgan fingerprint density at radius 1 is 1.47 bits per heavy atom. The van der Waals surface area contributed by atoms with Crippen molar-refractivity contribution in [1.29, 1.82) is 0 Å². The second-order valence-corrected chi connectivity index (χ2v) is 3.29. The standard InChI is InChI=1S/C11H11N3O3/c1-16-7-2-3-9(8(12)6-7)13-11(15)10-4-5-17-14-10/h2-6H,12H2,1H3,(H,13,15). The number of nitrogens with two attached hydrogens (primary N) is 1. The molecule has 0 saturated heterocycles. The maximum absolute atomic E-state index is 11.7. The van der Waals surface area contributed by atoms with Crippen molar-refractivity contribution in [2.24, 2.45) is 0 Å². The van der Waals surface area contributed by atoms with E-state index in [0.717, 1.165) is 0 Å². The van der Waals surface area contributed by atoms with Crippen LogP contribution in [0, 0.1) is 0 Å². The molecule has 0 aliphatic rings. The maximum atomic E-state index is 11.7. The van der Waals surface area contributed by atoms with Gasteiger partial charge in [0.15, 0.2) is 5.69 Å². The number of aromatic nitrogens is 1. The van der Waals surface area contributed by atoms with Crippen molar-refractivity contribution in [2.45, 2.75) is 0 Å². The van der Waals surface area contributed by atoms with Gasteiger partial charge in [-0.3, -0.25) is 4.79 Å². The number of hydrogen-bond donors (Lipinski definition) is 2. The van der Waals surface area contributed by atoms with E-state index in [0.29, 0.717) is 17.1 Å². The Morgan fingerprint density at radius 3 is 2.88 bits per heavy atom. The van der Waals surface area contributed by atoms with Crippen LogP contribution in [-0.2, 0) is 0 Å². The molecule has 0 spiro atoms. The van der Waals surface area contributed by atoms with Crippen LogP contribution in [0.1, 0.15) is 10.5 Å². The van der Waals surface area contributed by atoms with Crippen molar-refractivity contribution in [3.05, 3.63) is 36.2 Å². The summed E-state index contributed by atoms with van der Waals surface area (Å²) in [6.45, 7) is 0. The summed E-state index contributed by atoms with van der Waals surface area (Å²) in [4.78, 5) is 11.7. The normalized spacial score (nSPS) is 9.94. The molecule has 0 saturated carbocycles. The van der Waals surface area contributed by atoms with E-state index in [1.54, 1.807) is 25.3 Å². The van der Waals surface area contributed by atoms with Crippen LogP contribution in [0.15, 0.2) is 35.1 Å². The summed E-state index contributed by atoms with van der Waals surface area (Å²) in [5.74, 6) is 0.248. The fraction of sp³-hybridized carbons (Fsp3) is 0.0909. The summed E-state index contributed by atoms with van der Waals surface area (Å²) in [6, 6.07) is 6.45. The zero-order valence-electron chi connectivity index (χ0n) is 9.14. The second kappa shape index (κ2) is 4.56. The van der Waals surface area contributed by atoms with E-state index < -0.39 is 0 Å². The van der Waals surface area contributed by atoms with Crippen LogP contribution in [0.4, 0.5) is 11.4 Å². The quantitative estimate of drug-likeness (QED) is 0.784. The van der Waals surface area contributed by atoms with Gasteiger partial charge < -0.3 is 20.3 Å². The molecule has 0 bridgehead atoms. The van der Waals surface area contributed by atoms with Crippen LogP contribution in [0.5, 0.6) is 5.75 Å². The molecular formula is C11H11N3O3. The number of nitrogens with zero attached hydrogens (tertiary/aromatic N) is 1. The molecule has 2 aromatic rings. The molecule has 3 N–H and O–H groups in total. The van der Waals surface area contributed by atoms with E-state index in [1.165, 1.54) is 12.3 Å². The lowest BCUT2D eigenvalue weighted by Gasteiger charge is -2.08. The number of carbonyl (C=O) groups is 1. The number of hydrogen-bond acceptors (Lipinski definition) is 5. The molecule has 6 heteroatoms. The van der Waals surface area contributed by atoms with E-state index in [2.05, 4.69) is 15.0 Å². The van der Waals surface area contributed by atoms with Gasteiger partial charge in [-0.2, -0.15) is 0 Å². The molecule has 2 rings (SSSR count). The Morgan fingerprint density at radius 2 is 2.29 bits per heavy atom. The molecule has 0 fully saturated rings. The lowest BCUT2D eigenvalue weighted by Crippen LogP contribution is -2.13. The number of rotatable bonds is 3. The molecule has 1 heterocycles. The first-order valence-corrected chi connectivity index (χ1v) is 4.86. The molecular weight excluding hydrogens is 222 g/mol. The Hall–Kier alpha value is -2.50. The van der Waals surface area contributed by atoms with Crippen LogP contribution < -0.4 is 15.8 Å². The van der Waals surface area contributed by atoms with E-state index in [1.807, 2.05) is 0 Å². The zero-order chi connectivity index (χ0) is 12.3. The SMILES string of the molecule is COc1ccc(NC(=O)c2ccon2)c(N)c1. The number of carbonyl (C=O) groups excluding carboxylic acids is 1. The number of amides is 1. The van der Waals surface area contributed by atoms with E-state index in [9.17, 15) is 4.79 Å². The molecule has 6 nitrogen and oxygen atoms in total. The van der Waals surface area contributed by atoms with Crippen molar-refractivity contribution in [3.63, 3.8) is 0 Å². The van der Waals surface area contributed by atoms with Gasteiger partial charge in [0.25, 0.3) is 5.91 Å². The number of nitrogen functional groups attached to an aromatic ring is 1. The third-order valence-corrected chi connectivity index (χ3v) is 2.18. The third-order valence-electron chi connectivity index (χ3n) is 2.18. The van der Waals surface area contributed by atoms with Gasteiger partial charge >= 0.3 is 0 Å². The highest BCUT2D eigenvalue weighted by Crippen LogP contribution is 2.24. The first-order chi connectivity index (χ1) is 8.20. The Balaban J connectivity index is 2.16. The third kappa shape index (κ3) is 2.36. The maximum Gasteiger partial charge on any atom is 0.277 e. The lowest BCUT2D eigenvalue weighted by molar-refractivity contribution is 0.101. The van der Waals surface area contributed by atoms with Gasteiger partial charge in [0, 0.05) is 12.1 Å². The Bertz CT molecular complexity index is 523. The van der Waals surface area contributed by atoms with E-state index in [4.69, 9.17) is 10.5 Å². The highest BCUT2D eigenvalue weighted by molar-refractivity contribution is 6.04. The van der Waals surface area contributed by atoms with Gasteiger partial charge in [0.05, 0.1) is 18.5 Å². The van der Waals surface area contributed by atoms with Gasteiger partial charge in [-0.15, -0.1) is 0 Å². The summed E-state index contributed by atoms with van der Waals surface area (Å²) in [7, 11) is 1.54. The summed E-state index contributed by atoms with van der Waals surface area (Å²) < 4.78 is 9.59. The van der Waals surface area contributed by atoms with Crippen molar-refractivity contribution >= 4 is 17.3 Å². The van der Waals surface area contributed by atoms with Gasteiger partial charge in [-0.25, -0.2) is 0 Å². The summed E-state index contributed by atoms with van der Waals surface area (Å²) in [6.07, 6.45) is 1.33. The monoisotopic (exact) mass is 233 g/mol. The highest BCUT2D eigenvalue weighted by atomic mass is 16.5. The predicted molar refractivity (Wildman–Crippen MR) is 61.9 cm³/mol. The molecule has 1 aromatic heterocycles. The highest BCUT2D eigenvalue weighted by Gasteiger charge is 2.11. The first-order valence-electron chi connectivity index (χ1n) is 4.86. The van der Waals surface area contributed by atoms with Gasteiger partial charge in [-0.05, 0) is 12.1 Å². The number of benzene rings is 1. The molecule has 1 amide bonds. The van der Waals surface area contributed by atoms with Crippen molar-refractivity contribution in [1.82, 2.24) is 5.16 Å². The number of methoxy groups -OCH3 is 1. The van der Waals surface area contributed by atoms with Crippen LogP contribution in [0.3, 0.4) is 0 Å². The molecule has 17 heavy (non-hydrogen) atoms. The molecule has 0 aliphatic heterocycles. The van der Waals surface area contributed by atoms with Gasteiger partial charge in [0.2, 0.25) is 0 Å². The molecule has 0 aliphatic carbocycles. The van der Waals surface area contributed by atoms with Crippen LogP contribution in [0.2, 0.25) is 0 Å². The molecule has 88 valence electrons. The number of anilines is 2. The van der Waals surface area contributed by atoms with E-state index >= 15 is 0 Å². The van der Waals surface area contributed by atoms with Crippen LogP contribution in [0.25, 0.3) is 0 Å². The molecule has 0 radical (unpaired) electrons. The van der Waals surface area contributed by atoms with Crippen LogP contribution in [-0.4, -0.2) is 18.2 Å². The minimum atomic E-state index is -0.379. The van der Waals surface area contributed by atoms with Crippen LogP contribution >= 0.6 is 0 Å². The van der Waals surface area contributed by atoms with Crippen molar-refractivity contribution in [2.75, 3.05) is 18.2 Å². The summed E-state index contributed by atoms with van der Waals surface area (Å²) >= 11 is 0. The Kier molecular flexibility index (Phi) is 2.95. The summed E-state index contributed by atoms with van der Waals surface area (Å²) in [5.41, 5.74) is 6.87. The van der Waals surface area contributed by atoms with Gasteiger partial charge in [0.1, 0.15) is 12.0 Å². The zero-order valence-corrected chi connectivity index (χ0v) is 9.14. The van der Waals surface area contributed by atoms with Gasteiger partial charge in [-0.1, -0.05) is 5.16 Å². The average Bonchev–Trinajstić information content (AvgIpc) is 2.85. The Labute approximate surface area is 97.3 Å². The summed E-state index contributed by atoms with van der Waals surface area (Å²) in [5, 5.41) is 6.15. The number of ether oxygens (including phenoxy) is 1. The minimum absolute atomic E-state index is 0.195. The smallest absolute Gasteiger partial charge is 0.277 e.